The van der Waals surface area contributed by atoms with Crippen LogP contribution in [0.4, 0.5) is 5.82 Å². The number of nitrogens with one attached hydrogen (secondary N) is 1. The Morgan fingerprint density at radius 1 is 1.27 bits per heavy atom. The third-order valence-electron chi connectivity index (χ3n) is 4.82. The molecule has 22 heavy (non-hydrogen) atoms. The van der Waals surface area contributed by atoms with Gasteiger partial charge >= 0.3 is 0 Å². The molecule has 2 aliphatic rings. The fourth-order valence-electron chi connectivity index (χ4n) is 3.46. The van der Waals surface area contributed by atoms with Crippen LogP contribution >= 0.6 is 0 Å². The summed E-state index contributed by atoms with van der Waals surface area (Å²) in [6.45, 7) is 2.53. The Balaban J connectivity index is 1.47. The summed E-state index contributed by atoms with van der Waals surface area (Å²) in [6, 6.07) is 2.32. The van der Waals surface area contributed by atoms with Gasteiger partial charge in [-0.2, -0.15) is 5.10 Å². The highest BCUT2D eigenvalue weighted by Crippen LogP contribution is 2.31. The van der Waals surface area contributed by atoms with E-state index in [4.69, 9.17) is 0 Å². The Hall–Kier alpha value is -1.40. The minimum atomic E-state index is -0.161. The van der Waals surface area contributed by atoms with Gasteiger partial charge < -0.3 is 15.3 Å². The summed E-state index contributed by atoms with van der Waals surface area (Å²) in [4.78, 5) is 14.4. The molecule has 3 rings (SSSR count). The molecule has 1 saturated heterocycles. The van der Waals surface area contributed by atoms with E-state index in [1.165, 1.54) is 12.8 Å². The van der Waals surface area contributed by atoms with Gasteiger partial charge in [0.25, 0.3) is 0 Å². The molecule has 0 bridgehead atoms. The van der Waals surface area contributed by atoms with Crippen molar-refractivity contribution in [2.45, 2.75) is 57.1 Å². The van der Waals surface area contributed by atoms with E-state index in [1.54, 1.807) is 6.20 Å². The number of hydrogen-bond acceptors (Lipinski definition) is 4. The number of anilines is 1. The first-order valence-electron chi connectivity index (χ1n) is 8.46. The van der Waals surface area contributed by atoms with Gasteiger partial charge in [-0.15, -0.1) is 0 Å². The molecule has 1 saturated carbocycles. The van der Waals surface area contributed by atoms with Gasteiger partial charge in [0.2, 0.25) is 5.91 Å². The summed E-state index contributed by atoms with van der Waals surface area (Å²) in [6.07, 6.45) is 8.53. The third kappa shape index (κ3) is 3.87. The van der Waals surface area contributed by atoms with Crippen molar-refractivity contribution < 1.29 is 9.90 Å². The van der Waals surface area contributed by atoms with E-state index in [9.17, 15) is 9.90 Å². The van der Waals surface area contributed by atoms with Gasteiger partial charge in [0.15, 0.2) is 0 Å². The van der Waals surface area contributed by atoms with Crippen LogP contribution in [0.2, 0.25) is 0 Å². The van der Waals surface area contributed by atoms with Crippen molar-refractivity contribution in [3.63, 3.8) is 0 Å². The van der Waals surface area contributed by atoms with Gasteiger partial charge in [0.05, 0.1) is 18.3 Å². The molecule has 0 radical (unpaired) electrons. The molecule has 1 aliphatic carbocycles. The standard InChI is InChI=1S/C16H26N4O2/c21-14-6-10-19(11-7-14)12-8-16(22)18-15-5-9-17-20(15)13-3-1-2-4-13/h5,9,13-14,21H,1-4,6-8,10-12H2,(H,18,22). The average Bonchev–Trinajstić information content (AvgIpc) is 3.17. The highest BCUT2D eigenvalue weighted by Gasteiger charge is 2.21. The second kappa shape index (κ2) is 7.24. The second-order valence-electron chi connectivity index (χ2n) is 6.47. The van der Waals surface area contributed by atoms with Gasteiger partial charge in [-0.05, 0) is 25.7 Å². The van der Waals surface area contributed by atoms with E-state index < -0.39 is 0 Å². The van der Waals surface area contributed by atoms with Crippen LogP contribution < -0.4 is 5.32 Å². The van der Waals surface area contributed by atoms with Gasteiger partial charge in [0.1, 0.15) is 5.82 Å². The van der Waals surface area contributed by atoms with Crippen LogP contribution in [0.3, 0.4) is 0 Å². The lowest BCUT2D eigenvalue weighted by molar-refractivity contribution is -0.116. The fraction of sp³-hybridized carbons (Fsp3) is 0.750. The Labute approximate surface area is 131 Å². The molecule has 1 aliphatic heterocycles. The molecule has 2 fully saturated rings. The van der Waals surface area contributed by atoms with Crippen LogP contribution in [0, 0.1) is 0 Å². The number of nitrogens with zero attached hydrogens (tertiary/aromatic N) is 3. The highest BCUT2D eigenvalue weighted by molar-refractivity contribution is 5.89. The predicted octanol–water partition coefficient (Wildman–Crippen LogP) is 1.78. The van der Waals surface area contributed by atoms with Crippen molar-refractivity contribution in [1.82, 2.24) is 14.7 Å². The zero-order valence-electron chi connectivity index (χ0n) is 13.1. The molecule has 6 heteroatoms. The molecular formula is C16H26N4O2. The van der Waals surface area contributed by atoms with Gasteiger partial charge in [-0.3, -0.25) is 4.79 Å². The number of aromatic nitrogens is 2. The summed E-state index contributed by atoms with van der Waals surface area (Å²) in [5.74, 6) is 0.872. The van der Waals surface area contributed by atoms with E-state index in [0.29, 0.717) is 12.5 Å². The summed E-state index contributed by atoms with van der Waals surface area (Å²) in [5, 5.41) is 16.9. The molecule has 122 valence electrons. The second-order valence-corrected chi connectivity index (χ2v) is 6.47. The minimum absolute atomic E-state index is 0.0471. The van der Waals surface area contributed by atoms with E-state index in [1.807, 2.05) is 10.7 Å². The molecule has 0 unspecified atom stereocenters. The Bertz CT molecular complexity index is 488. The van der Waals surface area contributed by atoms with Crippen LogP contribution in [-0.2, 0) is 4.79 Å². The summed E-state index contributed by atoms with van der Waals surface area (Å²) in [7, 11) is 0. The van der Waals surface area contributed by atoms with Crippen LogP contribution in [0.25, 0.3) is 0 Å². The number of piperidine rings is 1. The molecule has 1 aromatic heterocycles. The maximum absolute atomic E-state index is 12.2. The molecule has 6 nitrogen and oxygen atoms in total. The van der Waals surface area contributed by atoms with Gasteiger partial charge in [-0.1, -0.05) is 12.8 Å². The first-order chi connectivity index (χ1) is 10.7. The topological polar surface area (TPSA) is 70.4 Å². The van der Waals surface area contributed by atoms with Crippen LogP contribution in [0.15, 0.2) is 12.3 Å². The molecule has 0 spiro atoms. The molecule has 1 aromatic rings. The maximum Gasteiger partial charge on any atom is 0.226 e. The van der Waals surface area contributed by atoms with Gasteiger partial charge in [0, 0.05) is 32.1 Å². The first-order valence-corrected chi connectivity index (χ1v) is 8.46. The summed E-state index contributed by atoms with van der Waals surface area (Å²) in [5.41, 5.74) is 0. The zero-order chi connectivity index (χ0) is 15.4. The maximum atomic E-state index is 12.2. The number of aliphatic hydroxyl groups is 1. The van der Waals surface area contributed by atoms with E-state index in [-0.39, 0.29) is 12.0 Å². The van der Waals surface area contributed by atoms with Crippen molar-refractivity contribution in [2.75, 3.05) is 25.0 Å². The molecule has 2 N–H and O–H groups in total. The smallest absolute Gasteiger partial charge is 0.226 e. The third-order valence-corrected chi connectivity index (χ3v) is 4.82. The SMILES string of the molecule is O=C(CCN1CCC(O)CC1)Nc1ccnn1C1CCCC1. The minimum Gasteiger partial charge on any atom is -0.393 e. The van der Waals surface area contributed by atoms with Crippen LogP contribution in [-0.4, -0.2) is 51.4 Å². The fourth-order valence-corrected chi connectivity index (χ4v) is 3.46. The van der Waals surface area contributed by atoms with Crippen LogP contribution in [0.1, 0.15) is 51.0 Å². The van der Waals surface area contributed by atoms with Crippen molar-refractivity contribution in [3.05, 3.63) is 12.3 Å². The molecule has 1 amide bonds. The normalized spacial score (nSPS) is 21.3. The number of hydrogen-bond donors (Lipinski definition) is 2. The summed E-state index contributed by atoms with van der Waals surface area (Å²) < 4.78 is 1.97. The van der Waals surface area contributed by atoms with E-state index in [2.05, 4.69) is 15.3 Å². The lowest BCUT2D eigenvalue weighted by Crippen LogP contribution is -2.37. The summed E-state index contributed by atoms with van der Waals surface area (Å²) >= 11 is 0. The number of likely N-dealkylation sites (tertiary alicyclic amines) is 1. The number of rotatable bonds is 5. The highest BCUT2D eigenvalue weighted by atomic mass is 16.3. The van der Waals surface area contributed by atoms with Crippen molar-refractivity contribution in [2.24, 2.45) is 0 Å². The molecule has 0 aromatic carbocycles. The van der Waals surface area contributed by atoms with Crippen molar-refractivity contribution in [1.29, 1.82) is 0 Å². The quantitative estimate of drug-likeness (QED) is 0.870. The largest absolute Gasteiger partial charge is 0.393 e. The Kier molecular flexibility index (Phi) is 5.10. The van der Waals surface area contributed by atoms with Crippen molar-refractivity contribution in [3.8, 4) is 0 Å². The number of amides is 1. The van der Waals surface area contributed by atoms with Gasteiger partial charge in [-0.25, -0.2) is 4.68 Å². The lowest BCUT2D eigenvalue weighted by atomic mass is 10.1. The van der Waals surface area contributed by atoms with E-state index >= 15 is 0 Å². The number of aliphatic hydroxyl groups excluding tert-OH is 1. The van der Waals surface area contributed by atoms with E-state index in [0.717, 1.165) is 51.1 Å². The Morgan fingerprint density at radius 2 is 2.00 bits per heavy atom. The monoisotopic (exact) mass is 306 g/mol. The zero-order valence-corrected chi connectivity index (χ0v) is 13.1. The van der Waals surface area contributed by atoms with Crippen molar-refractivity contribution >= 4 is 11.7 Å². The first kappa shape index (κ1) is 15.5. The number of carbonyl (C=O) groups is 1. The predicted molar refractivity (Wildman–Crippen MR) is 84.7 cm³/mol. The van der Waals surface area contributed by atoms with Crippen LogP contribution in [0.5, 0.6) is 0 Å². The Morgan fingerprint density at radius 3 is 2.73 bits per heavy atom. The number of carbonyl (C=O) groups excluding carboxylic acids is 1. The molecular weight excluding hydrogens is 280 g/mol. The molecule has 2 heterocycles. The average molecular weight is 306 g/mol. The molecule has 0 atom stereocenters. The lowest BCUT2D eigenvalue weighted by Gasteiger charge is -2.29.